The van der Waals surface area contributed by atoms with Gasteiger partial charge >= 0.3 is 24.1 Å². The summed E-state index contributed by atoms with van der Waals surface area (Å²) in [6.45, 7) is 0. The molecule has 1 aliphatic rings. The highest BCUT2D eigenvalue weighted by molar-refractivity contribution is 6.37. The second-order valence-electron chi connectivity index (χ2n) is 3.43. The summed E-state index contributed by atoms with van der Waals surface area (Å²) in [4.78, 5) is 26.1. The molecule has 2 amide bonds. The summed E-state index contributed by atoms with van der Waals surface area (Å²) in [5, 5.41) is 0. The van der Waals surface area contributed by atoms with Crippen LogP contribution in [0.4, 0.5) is 0 Å². The van der Waals surface area contributed by atoms with E-state index in [9.17, 15) is 9.59 Å². The quantitative estimate of drug-likeness (QED) is 0.425. The number of hydrogen-bond acceptors (Lipinski definition) is 4. The maximum atomic E-state index is 11.6. The average molecular weight is 247 g/mol. The molecular weight excluding hydrogens is 236 g/mol. The summed E-state index contributed by atoms with van der Waals surface area (Å²) in [5.41, 5.74) is 0.567. The van der Waals surface area contributed by atoms with Gasteiger partial charge in [0, 0.05) is 4.99 Å². The fourth-order valence-corrected chi connectivity index (χ4v) is 1.62. The number of carbonyl (C=O) groups is 2. The van der Waals surface area contributed by atoms with Gasteiger partial charge in [-0.05, 0) is 12.1 Å². The Labute approximate surface area is 103 Å². The van der Waals surface area contributed by atoms with Gasteiger partial charge in [0.1, 0.15) is 11.3 Å². The van der Waals surface area contributed by atoms with Gasteiger partial charge in [0.05, 0.1) is 14.2 Å². The third-order valence-electron chi connectivity index (χ3n) is 2.44. The van der Waals surface area contributed by atoms with E-state index < -0.39 is 11.8 Å². The Bertz CT molecular complexity index is 575. The maximum absolute atomic E-state index is 11.6. The second-order valence-corrected chi connectivity index (χ2v) is 3.43. The number of aliphatic imine (C=N–C) groups is 1. The molecule has 2 rings (SSSR count). The fourth-order valence-electron chi connectivity index (χ4n) is 1.62. The molecule has 0 spiro atoms. The van der Waals surface area contributed by atoms with Gasteiger partial charge in [-0.3, -0.25) is 0 Å². The average Bonchev–Trinajstić information content (AvgIpc) is 2.73. The standard InChI is InChI=1S/C12H11N2O4/c1-17-9-6-4-3-5-8(9)12(18-2)14-7-13-10(15)11(14)16/h3-7H,1-2H3/q+1. The predicted molar refractivity (Wildman–Crippen MR) is 62.9 cm³/mol. The van der Waals surface area contributed by atoms with Crippen molar-refractivity contribution in [3.8, 4) is 5.75 Å². The van der Waals surface area contributed by atoms with Crippen molar-refractivity contribution in [2.45, 2.75) is 0 Å². The molecule has 0 aliphatic carbocycles. The zero-order chi connectivity index (χ0) is 13.1. The molecule has 18 heavy (non-hydrogen) atoms. The lowest BCUT2D eigenvalue weighted by Crippen LogP contribution is -2.28. The number of para-hydroxylation sites is 1. The molecule has 0 bridgehead atoms. The van der Waals surface area contributed by atoms with Gasteiger partial charge in [0.25, 0.3) is 0 Å². The van der Waals surface area contributed by atoms with Gasteiger partial charge in [-0.1, -0.05) is 12.1 Å². The van der Waals surface area contributed by atoms with E-state index in [1.54, 1.807) is 24.3 Å². The van der Waals surface area contributed by atoms with Crippen LogP contribution in [-0.2, 0) is 14.3 Å². The number of methoxy groups -OCH3 is 2. The molecule has 0 N–H and O–H groups in total. The van der Waals surface area contributed by atoms with E-state index in [1.165, 1.54) is 14.2 Å². The van der Waals surface area contributed by atoms with Crippen LogP contribution in [0.25, 0.3) is 0 Å². The lowest BCUT2D eigenvalue weighted by Gasteiger charge is -2.08. The molecule has 0 atom stereocenters. The van der Waals surface area contributed by atoms with E-state index >= 15 is 0 Å². The molecule has 0 fully saturated rings. The molecule has 6 nitrogen and oxygen atoms in total. The first-order valence-electron chi connectivity index (χ1n) is 5.15. The highest BCUT2D eigenvalue weighted by Crippen LogP contribution is 2.18. The third-order valence-corrected chi connectivity index (χ3v) is 2.44. The molecule has 0 unspecified atom stereocenters. The number of amides is 2. The minimum atomic E-state index is -0.820. The van der Waals surface area contributed by atoms with Crippen LogP contribution in [0.1, 0.15) is 5.56 Å². The summed E-state index contributed by atoms with van der Waals surface area (Å²) >= 11 is 0. The van der Waals surface area contributed by atoms with Crippen LogP contribution in [0.5, 0.6) is 5.75 Å². The van der Waals surface area contributed by atoms with Crippen LogP contribution >= 0.6 is 0 Å². The van der Waals surface area contributed by atoms with Gasteiger partial charge in [-0.25, -0.2) is 9.59 Å². The molecule has 1 heterocycles. The number of nitrogens with zero attached hydrogens (tertiary/aromatic N) is 2. The lowest BCUT2D eigenvalue weighted by molar-refractivity contribution is -0.329. The smallest absolute Gasteiger partial charge is 0.464 e. The van der Waals surface area contributed by atoms with Crippen LogP contribution in [0.15, 0.2) is 29.3 Å². The second kappa shape index (κ2) is 4.79. The van der Waals surface area contributed by atoms with E-state index in [0.29, 0.717) is 11.3 Å². The highest BCUT2D eigenvalue weighted by atomic mass is 16.5. The molecule has 1 aromatic carbocycles. The molecule has 0 aromatic heterocycles. The van der Waals surface area contributed by atoms with E-state index in [0.717, 1.165) is 10.9 Å². The summed E-state index contributed by atoms with van der Waals surface area (Å²) in [5.74, 6) is -0.834. The molecular formula is C12H11N2O4+. The van der Waals surface area contributed by atoms with Gasteiger partial charge < -0.3 is 9.47 Å². The zero-order valence-corrected chi connectivity index (χ0v) is 9.91. The molecule has 1 aromatic rings. The van der Waals surface area contributed by atoms with Gasteiger partial charge in [0.15, 0.2) is 0 Å². The van der Waals surface area contributed by atoms with Crippen LogP contribution in [0.2, 0.25) is 0 Å². The van der Waals surface area contributed by atoms with E-state index in [2.05, 4.69) is 4.99 Å². The normalized spacial score (nSPS) is 17.0. The van der Waals surface area contributed by atoms with Gasteiger partial charge in [-0.2, -0.15) is 0 Å². The Kier molecular flexibility index (Phi) is 3.18. The van der Waals surface area contributed by atoms with Crippen LogP contribution in [0.3, 0.4) is 0 Å². The molecule has 92 valence electrons. The monoisotopic (exact) mass is 247 g/mol. The minimum Gasteiger partial charge on any atom is -0.496 e. The summed E-state index contributed by atoms with van der Waals surface area (Å²) in [7, 11) is 2.92. The lowest BCUT2D eigenvalue weighted by atomic mass is 10.2. The van der Waals surface area contributed by atoms with Crippen molar-refractivity contribution < 1.29 is 23.6 Å². The predicted octanol–water partition coefficient (Wildman–Crippen LogP) is 0.196. The Balaban J connectivity index is 2.59. The molecule has 0 radical (unpaired) electrons. The van der Waals surface area contributed by atoms with Crippen molar-refractivity contribution in [1.82, 2.24) is 0 Å². The fraction of sp³-hybridized carbons (Fsp3) is 0.167. The van der Waals surface area contributed by atoms with Crippen molar-refractivity contribution in [1.29, 1.82) is 0 Å². The first-order valence-corrected chi connectivity index (χ1v) is 5.15. The first-order chi connectivity index (χ1) is 8.69. The van der Waals surface area contributed by atoms with Crippen molar-refractivity contribution in [3.63, 3.8) is 0 Å². The highest BCUT2D eigenvalue weighted by Gasteiger charge is 2.37. The van der Waals surface area contributed by atoms with E-state index in [1.807, 2.05) is 0 Å². The Morgan fingerprint density at radius 1 is 1.22 bits per heavy atom. The summed E-state index contributed by atoms with van der Waals surface area (Å²) < 4.78 is 11.4. The molecule has 0 saturated carbocycles. The van der Waals surface area contributed by atoms with Crippen LogP contribution in [0, 0.1) is 0 Å². The number of benzene rings is 1. The third kappa shape index (κ3) is 1.88. The molecule has 6 heteroatoms. The van der Waals surface area contributed by atoms with Crippen molar-refractivity contribution >= 4 is 24.1 Å². The van der Waals surface area contributed by atoms with Crippen molar-refractivity contribution in [3.05, 3.63) is 29.8 Å². The first kappa shape index (κ1) is 12.0. The summed E-state index contributed by atoms with van der Waals surface area (Å²) in [6.07, 6.45) is 1.13. The number of hydrogen-bond donors (Lipinski definition) is 0. The Morgan fingerprint density at radius 2 is 1.94 bits per heavy atom. The SMILES string of the molecule is COC(c1ccccc1OC)=[N+]1C=NC(=O)C1=O. The number of rotatable bonds is 2. The van der Waals surface area contributed by atoms with Crippen LogP contribution < -0.4 is 4.74 Å². The largest absolute Gasteiger partial charge is 0.496 e. The minimum absolute atomic E-state index is 0.201. The molecule has 1 aliphatic heterocycles. The topological polar surface area (TPSA) is 68.0 Å². The summed E-state index contributed by atoms with van der Waals surface area (Å²) in [6, 6.07) is 7.02. The maximum Gasteiger partial charge on any atom is 0.464 e. The van der Waals surface area contributed by atoms with Gasteiger partial charge in [0.2, 0.25) is 0 Å². The van der Waals surface area contributed by atoms with E-state index in [4.69, 9.17) is 9.47 Å². The zero-order valence-electron chi connectivity index (χ0n) is 9.91. The Morgan fingerprint density at radius 3 is 2.50 bits per heavy atom. The number of ether oxygens (including phenoxy) is 2. The van der Waals surface area contributed by atoms with Crippen LogP contribution in [-0.4, -0.2) is 42.8 Å². The van der Waals surface area contributed by atoms with E-state index in [-0.39, 0.29) is 5.90 Å². The van der Waals surface area contributed by atoms with Crippen molar-refractivity contribution in [2.75, 3.05) is 14.2 Å². The Hall–Kier alpha value is -2.50. The van der Waals surface area contributed by atoms with Gasteiger partial charge in [-0.15, -0.1) is 4.58 Å². The van der Waals surface area contributed by atoms with Crippen molar-refractivity contribution in [2.24, 2.45) is 4.99 Å². The molecule has 0 saturated heterocycles. The number of carbonyl (C=O) groups excluding carboxylic acids is 2.